The quantitative estimate of drug-likeness (QED) is 0.588. The summed E-state index contributed by atoms with van der Waals surface area (Å²) in [4.78, 5) is 0. The molecule has 2 fully saturated rings. The minimum atomic E-state index is -0.978. The van der Waals surface area contributed by atoms with Crippen LogP contribution in [0.25, 0.3) is 0 Å². The van der Waals surface area contributed by atoms with Crippen LogP contribution in [0, 0.1) is 17.3 Å². The van der Waals surface area contributed by atoms with Crippen molar-refractivity contribution < 1.29 is 14.9 Å². The Morgan fingerprint density at radius 1 is 1.40 bits per heavy atom. The van der Waals surface area contributed by atoms with Gasteiger partial charge in [-0.2, -0.15) is 0 Å². The van der Waals surface area contributed by atoms with Crippen LogP contribution in [0.3, 0.4) is 0 Å². The fourth-order valence-corrected chi connectivity index (χ4v) is 3.77. The van der Waals surface area contributed by atoms with Gasteiger partial charge in [0.05, 0.1) is 12.7 Å². The van der Waals surface area contributed by atoms with Crippen molar-refractivity contribution >= 4 is 0 Å². The number of ether oxygens (including phenoxy) is 1. The number of hydrogen-bond donors (Lipinski definition) is 2. The molecule has 3 heteroatoms. The van der Waals surface area contributed by atoms with E-state index >= 15 is 0 Å². The maximum Gasteiger partial charge on any atom is 0.169 e. The molecule has 3 rings (SSSR count). The standard InChI is InChI=1S/C12H18O3/c1-11-4-2-3-8-10(11)9(13)7-15-12(8,14)6-5-11/h2,4,8-10,13-14H,3,5-7H2,1H3/t8-,9?,10?,11-,12+/m1/s1. The fraction of sp³-hybridized carbons (Fsp3) is 0.833. The second-order valence-corrected chi connectivity index (χ2v) is 5.50. The molecule has 2 N–H and O–H groups in total. The molecule has 5 atom stereocenters. The molecule has 0 aromatic rings. The minimum Gasteiger partial charge on any atom is -0.390 e. The zero-order valence-electron chi connectivity index (χ0n) is 9.02. The Kier molecular flexibility index (Phi) is 1.86. The molecule has 0 amide bonds. The van der Waals surface area contributed by atoms with E-state index in [-0.39, 0.29) is 23.9 Å². The van der Waals surface area contributed by atoms with E-state index in [0.717, 1.165) is 12.8 Å². The van der Waals surface area contributed by atoms with Gasteiger partial charge in [0.15, 0.2) is 5.79 Å². The van der Waals surface area contributed by atoms with Gasteiger partial charge in [-0.25, -0.2) is 0 Å². The van der Waals surface area contributed by atoms with Gasteiger partial charge in [0.2, 0.25) is 0 Å². The molecule has 1 heterocycles. The first-order chi connectivity index (χ1) is 7.05. The Balaban J connectivity index is 2.06. The Hall–Kier alpha value is -0.380. The molecule has 0 spiro atoms. The van der Waals surface area contributed by atoms with E-state index in [9.17, 15) is 10.2 Å². The van der Waals surface area contributed by atoms with Crippen LogP contribution in [0.5, 0.6) is 0 Å². The summed E-state index contributed by atoms with van der Waals surface area (Å²) in [6, 6.07) is 0. The lowest BCUT2D eigenvalue weighted by atomic mass is 9.54. The van der Waals surface area contributed by atoms with Gasteiger partial charge in [-0.15, -0.1) is 0 Å². The summed E-state index contributed by atoms with van der Waals surface area (Å²) in [5.41, 5.74) is 0.0539. The molecule has 3 aliphatic rings. The van der Waals surface area contributed by atoms with E-state index in [2.05, 4.69) is 19.1 Å². The zero-order chi connectivity index (χ0) is 10.7. The molecule has 2 unspecified atom stereocenters. The van der Waals surface area contributed by atoms with Crippen LogP contribution in [0.1, 0.15) is 26.2 Å². The van der Waals surface area contributed by atoms with E-state index in [4.69, 9.17) is 4.74 Å². The highest BCUT2D eigenvalue weighted by molar-refractivity contribution is 5.16. The van der Waals surface area contributed by atoms with Gasteiger partial charge in [-0.1, -0.05) is 19.1 Å². The number of aliphatic hydroxyl groups excluding tert-OH is 1. The van der Waals surface area contributed by atoms with Gasteiger partial charge in [-0.3, -0.25) is 0 Å². The first-order valence-corrected chi connectivity index (χ1v) is 5.77. The van der Waals surface area contributed by atoms with Crippen LogP contribution >= 0.6 is 0 Å². The third-order valence-electron chi connectivity index (χ3n) is 4.60. The number of rotatable bonds is 0. The minimum absolute atomic E-state index is 0.0539. The Labute approximate surface area is 89.7 Å². The SMILES string of the molecule is C[C@]12C=CC[C@@H]3C1C(O)CO[C@@]3(O)CC2. The van der Waals surface area contributed by atoms with Gasteiger partial charge in [0.1, 0.15) is 0 Å². The zero-order valence-corrected chi connectivity index (χ0v) is 9.02. The van der Waals surface area contributed by atoms with Crippen LogP contribution in [0.4, 0.5) is 0 Å². The summed E-state index contributed by atoms with van der Waals surface area (Å²) in [6.07, 6.45) is 6.36. The fourth-order valence-electron chi connectivity index (χ4n) is 3.77. The van der Waals surface area contributed by atoms with Crippen molar-refractivity contribution in [2.45, 2.75) is 38.1 Å². The second-order valence-electron chi connectivity index (χ2n) is 5.50. The summed E-state index contributed by atoms with van der Waals surface area (Å²) in [6.45, 7) is 2.47. The molecular weight excluding hydrogens is 192 g/mol. The topological polar surface area (TPSA) is 49.7 Å². The largest absolute Gasteiger partial charge is 0.390 e. The molecular formula is C12H18O3. The predicted octanol–water partition coefficient (Wildman–Crippen LogP) is 1.06. The van der Waals surface area contributed by atoms with Crippen LogP contribution in [0.15, 0.2) is 12.2 Å². The molecule has 1 aliphatic heterocycles. The van der Waals surface area contributed by atoms with Crippen LogP contribution in [-0.2, 0) is 4.74 Å². The summed E-state index contributed by atoms with van der Waals surface area (Å²) >= 11 is 0. The summed E-state index contributed by atoms with van der Waals surface area (Å²) in [5, 5.41) is 20.4. The molecule has 1 saturated carbocycles. The van der Waals surface area contributed by atoms with Crippen molar-refractivity contribution in [1.82, 2.24) is 0 Å². The molecule has 0 aromatic carbocycles. The monoisotopic (exact) mass is 210 g/mol. The van der Waals surface area contributed by atoms with Crippen molar-refractivity contribution in [2.75, 3.05) is 6.61 Å². The molecule has 4 bridgehead atoms. The van der Waals surface area contributed by atoms with Crippen LogP contribution < -0.4 is 0 Å². The van der Waals surface area contributed by atoms with Crippen molar-refractivity contribution in [3.8, 4) is 0 Å². The smallest absolute Gasteiger partial charge is 0.169 e. The Bertz CT molecular complexity index is 314. The molecule has 0 aromatic heterocycles. The van der Waals surface area contributed by atoms with E-state index < -0.39 is 11.9 Å². The van der Waals surface area contributed by atoms with Gasteiger partial charge < -0.3 is 14.9 Å². The van der Waals surface area contributed by atoms with Crippen molar-refractivity contribution in [1.29, 1.82) is 0 Å². The highest BCUT2D eigenvalue weighted by Crippen LogP contribution is 2.57. The second kappa shape index (κ2) is 2.84. The summed E-state index contributed by atoms with van der Waals surface area (Å²) in [5.74, 6) is -0.742. The third-order valence-corrected chi connectivity index (χ3v) is 4.60. The lowest BCUT2D eigenvalue weighted by molar-refractivity contribution is -0.327. The maximum atomic E-state index is 10.4. The maximum absolute atomic E-state index is 10.4. The lowest BCUT2D eigenvalue weighted by Crippen LogP contribution is -2.62. The molecule has 84 valence electrons. The molecule has 0 radical (unpaired) electrons. The van der Waals surface area contributed by atoms with Crippen molar-refractivity contribution in [3.05, 3.63) is 12.2 Å². The summed E-state index contributed by atoms with van der Waals surface area (Å²) in [7, 11) is 0. The highest BCUT2D eigenvalue weighted by atomic mass is 16.6. The first-order valence-electron chi connectivity index (χ1n) is 5.77. The average Bonchev–Trinajstić information content (AvgIpc) is 2.20. The molecule has 2 aliphatic carbocycles. The van der Waals surface area contributed by atoms with E-state index in [1.165, 1.54) is 0 Å². The first kappa shape index (κ1) is 9.82. The summed E-state index contributed by atoms with van der Waals surface area (Å²) < 4.78 is 5.45. The molecule has 3 nitrogen and oxygen atoms in total. The number of allylic oxidation sites excluding steroid dienone is 2. The van der Waals surface area contributed by atoms with Gasteiger partial charge in [0, 0.05) is 18.3 Å². The van der Waals surface area contributed by atoms with Crippen LogP contribution in [-0.4, -0.2) is 28.7 Å². The number of hydrogen-bond acceptors (Lipinski definition) is 3. The van der Waals surface area contributed by atoms with Gasteiger partial charge in [-0.05, 0) is 18.3 Å². The lowest BCUT2D eigenvalue weighted by Gasteiger charge is -2.58. The van der Waals surface area contributed by atoms with Crippen molar-refractivity contribution in [2.24, 2.45) is 17.3 Å². The van der Waals surface area contributed by atoms with E-state index in [0.29, 0.717) is 6.42 Å². The average molecular weight is 210 g/mol. The Morgan fingerprint density at radius 2 is 2.20 bits per heavy atom. The van der Waals surface area contributed by atoms with Gasteiger partial charge in [0.25, 0.3) is 0 Å². The third kappa shape index (κ3) is 1.17. The molecule has 15 heavy (non-hydrogen) atoms. The normalized spacial score (nSPS) is 57.9. The van der Waals surface area contributed by atoms with Crippen LogP contribution in [0.2, 0.25) is 0 Å². The Morgan fingerprint density at radius 3 is 2.93 bits per heavy atom. The van der Waals surface area contributed by atoms with E-state index in [1.807, 2.05) is 0 Å². The highest BCUT2D eigenvalue weighted by Gasteiger charge is 2.59. The van der Waals surface area contributed by atoms with Crippen molar-refractivity contribution in [3.63, 3.8) is 0 Å². The number of aliphatic hydroxyl groups is 2. The molecule has 1 saturated heterocycles. The van der Waals surface area contributed by atoms with E-state index in [1.54, 1.807) is 0 Å². The predicted molar refractivity (Wildman–Crippen MR) is 55.0 cm³/mol. The van der Waals surface area contributed by atoms with Gasteiger partial charge >= 0.3 is 0 Å².